The Bertz CT molecular complexity index is 115. The Balaban J connectivity index is 3.58. The fourth-order valence-electron chi connectivity index (χ4n) is 1.18. The molecule has 0 aliphatic heterocycles. The molecule has 0 spiro atoms. The monoisotopic (exact) mass is 158 g/mol. The van der Waals surface area contributed by atoms with Crippen molar-refractivity contribution in [2.75, 3.05) is 0 Å². The Morgan fingerprint density at radius 1 is 1.55 bits per heavy atom. The summed E-state index contributed by atoms with van der Waals surface area (Å²) in [5.41, 5.74) is 2.15. The van der Waals surface area contributed by atoms with E-state index in [0.717, 1.165) is 19.3 Å². The van der Waals surface area contributed by atoms with Gasteiger partial charge in [-0.25, -0.2) is 5.84 Å². The number of hydrogen-bond donors (Lipinski definition) is 2. The van der Waals surface area contributed by atoms with Gasteiger partial charge in [0.15, 0.2) is 0 Å². The second-order valence-corrected chi connectivity index (χ2v) is 2.83. The lowest BCUT2D eigenvalue weighted by atomic mass is 9.97. The highest BCUT2D eigenvalue weighted by atomic mass is 16.2. The first kappa shape index (κ1) is 10.4. The third-order valence-electron chi connectivity index (χ3n) is 1.91. The summed E-state index contributed by atoms with van der Waals surface area (Å²) < 4.78 is 0. The van der Waals surface area contributed by atoms with E-state index in [1.807, 2.05) is 0 Å². The maximum atomic E-state index is 10.8. The molecule has 0 aliphatic carbocycles. The average molecular weight is 158 g/mol. The molecular formula is C8H18N2O. The van der Waals surface area contributed by atoms with Crippen molar-refractivity contribution in [3.05, 3.63) is 0 Å². The van der Waals surface area contributed by atoms with E-state index in [0.29, 0.717) is 12.3 Å². The highest BCUT2D eigenvalue weighted by Gasteiger charge is 2.09. The van der Waals surface area contributed by atoms with Gasteiger partial charge in [-0.05, 0) is 5.92 Å². The fraction of sp³-hybridized carbons (Fsp3) is 0.875. The van der Waals surface area contributed by atoms with Gasteiger partial charge in [0, 0.05) is 6.42 Å². The summed E-state index contributed by atoms with van der Waals surface area (Å²) in [4.78, 5) is 10.8. The van der Waals surface area contributed by atoms with Crippen LogP contribution in [0.2, 0.25) is 0 Å². The minimum Gasteiger partial charge on any atom is -0.294 e. The molecule has 66 valence electrons. The van der Waals surface area contributed by atoms with Gasteiger partial charge >= 0.3 is 0 Å². The van der Waals surface area contributed by atoms with E-state index in [1.54, 1.807) is 0 Å². The zero-order valence-corrected chi connectivity index (χ0v) is 7.39. The normalized spacial score (nSPS) is 12.6. The smallest absolute Gasteiger partial charge is 0.234 e. The van der Waals surface area contributed by atoms with Crippen LogP contribution < -0.4 is 11.3 Å². The van der Waals surface area contributed by atoms with Crippen molar-refractivity contribution in [2.45, 2.75) is 39.5 Å². The summed E-state index contributed by atoms with van der Waals surface area (Å²) in [5.74, 6) is 5.42. The van der Waals surface area contributed by atoms with Crippen LogP contribution in [0, 0.1) is 5.92 Å². The van der Waals surface area contributed by atoms with Crippen LogP contribution in [-0.4, -0.2) is 5.91 Å². The summed E-state index contributed by atoms with van der Waals surface area (Å²) >= 11 is 0. The molecule has 3 heteroatoms. The number of amides is 1. The molecule has 3 nitrogen and oxygen atoms in total. The summed E-state index contributed by atoms with van der Waals surface area (Å²) in [6.07, 6.45) is 3.88. The summed E-state index contributed by atoms with van der Waals surface area (Å²) in [6, 6.07) is 0. The molecular weight excluding hydrogens is 140 g/mol. The van der Waals surface area contributed by atoms with Gasteiger partial charge in [0.05, 0.1) is 0 Å². The third kappa shape index (κ3) is 4.79. The Morgan fingerprint density at radius 2 is 2.18 bits per heavy atom. The summed E-state index contributed by atoms with van der Waals surface area (Å²) in [7, 11) is 0. The van der Waals surface area contributed by atoms with Gasteiger partial charge in [0.25, 0.3) is 0 Å². The molecule has 0 aromatic heterocycles. The van der Waals surface area contributed by atoms with E-state index in [4.69, 9.17) is 5.84 Å². The van der Waals surface area contributed by atoms with E-state index < -0.39 is 0 Å². The molecule has 3 N–H and O–H groups in total. The summed E-state index contributed by atoms with van der Waals surface area (Å²) in [5, 5.41) is 0. The second-order valence-electron chi connectivity index (χ2n) is 2.83. The number of carbonyl (C=O) groups excluding carboxylic acids is 1. The molecule has 0 rings (SSSR count). The Hall–Kier alpha value is -0.570. The lowest BCUT2D eigenvalue weighted by Crippen LogP contribution is -2.31. The van der Waals surface area contributed by atoms with Gasteiger partial charge in [-0.15, -0.1) is 0 Å². The Kier molecular flexibility index (Phi) is 5.84. The number of nitrogens with one attached hydrogen (secondary N) is 1. The first-order valence-electron chi connectivity index (χ1n) is 4.24. The van der Waals surface area contributed by atoms with Crippen LogP contribution in [0.1, 0.15) is 39.5 Å². The maximum absolute atomic E-state index is 10.8. The molecule has 11 heavy (non-hydrogen) atoms. The molecule has 0 saturated heterocycles. The molecule has 1 amide bonds. The lowest BCUT2D eigenvalue weighted by molar-refractivity contribution is -0.122. The predicted octanol–water partition coefficient (Wildman–Crippen LogP) is 1.19. The van der Waals surface area contributed by atoms with Crippen molar-refractivity contribution in [1.29, 1.82) is 0 Å². The number of hydrazine groups is 1. The number of rotatable bonds is 5. The molecule has 0 radical (unpaired) electrons. The SMILES string of the molecule is CCCC(CC)CC(=O)NN. The van der Waals surface area contributed by atoms with Crippen LogP contribution >= 0.6 is 0 Å². The first-order chi connectivity index (χ1) is 5.24. The number of hydrogen-bond acceptors (Lipinski definition) is 2. The molecule has 1 unspecified atom stereocenters. The molecule has 0 fully saturated rings. The first-order valence-corrected chi connectivity index (χ1v) is 4.24. The van der Waals surface area contributed by atoms with Gasteiger partial charge < -0.3 is 0 Å². The summed E-state index contributed by atoms with van der Waals surface area (Å²) in [6.45, 7) is 4.23. The third-order valence-corrected chi connectivity index (χ3v) is 1.91. The van der Waals surface area contributed by atoms with E-state index in [9.17, 15) is 4.79 Å². The van der Waals surface area contributed by atoms with Crippen molar-refractivity contribution < 1.29 is 4.79 Å². The largest absolute Gasteiger partial charge is 0.294 e. The van der Waals surface area contributed by atoms with Crippen LogP contribution in [-0.2, 0) is 4.79 Å². The fourth-order valence-corrected chi connectivity index (χ4v) is 1.18. The van der Waals surface area contributed by atoms with Crippen LogP contribution in [0.15, 0.2) is 0 Å². The van der Waals surface area contributed by atoms with Crippen LogP contribution in [0.4, 0.5) is 0 Å². The van der Waals surface area contributed by atoms with Gasteiger partial charge in [0.2, 0.25) is 5.91 Å². The number of nitrogens with two attached hydrogens (primary N) is 1. The minimum absolute atomic E-state index is 0.0506. The van der Waals surface area contributed by atoms with Crippen molar-refractivity contribution in [3.8, 4) is 0 Å². The molecule has 0 aromatic carbocycles. The lowest BCUT2D eigenvalue weighted by Gasteiger charge is -2.11. The molecule has 0 aliphatic rings. The van der Waals surface area contributed by atoms with Gasteiger partial charge in [-0.3, -0.25) is 10.2 Å². The van der Waals surface area contributed by atoms with Crippen molar-refractivity contribution >= 4 is 5.91 Å². The van der Waals surface area contributed by atoms with Gasteiger partial charge in [0.1, 0.15) is 0 Å². The van der Waals surface area contributed by atoms with Crippen molar-refractivity contribution in [3.63, 3.8) is 0 Å². The topological polar surface area (TPSA) is 55.1 Å². The highest BCUT2D eigenvalue weighted by Crippen LogP contribution is 2.14. The van der Waals surface area contributed by atoms with Gasteiger partial charge in [-0.2, -0.15) is 0 Å². The zero-order chi connectivity index (χ0) is 8.69. The van der Waals surface area contributed by atoms with Crippen LogP contribution in [0.3, 0.4) is 0 Å². The van der Waals surface area contributed by atoms with E-state index in [2.05, 4.69) is 19.3 Å². The van der Waals surface area contributed by atoms with Crippen LogP contribution in [0.5, 0.6) is 0 Å². The van der Waals surface area contributed by atoms with Crippen LogP contribution in [0.25, 0.3) is 0 Å². The van der Waals surface area contributed by atoms with Crippen molar-refractivity contribution in [1.82, 2.24) is 5.43 Å². The van der Waals surface area contributed by atoms with Crippen molar-refractivity contribution in [2.24, 2.45) is 11.8 Å². The number of carbonyl (C=O) groups is 1. The predicted molar refractivity (Wildman–Crippen MR) is 45.6 cm³/mol. The van der Waals surface area contributed by atoms with E-state index in [-0.39, 0.29) is 5.91 Å². The highest BCUT2D eigenvalue weighted by molar-refractivity contribution is 5.75. The zero-order valence-electron chi connectivity index (χ0n) is 7.39. The molecule has 0 aromatic rings. The standard InChI is InChI=1S/C8H18N2O/c1-3-5-7(4-2)6-8(11)10-9/h7H,3-6,9H2,1-2H3,(H,10,11). The quantitative estimate of drug-likeness (QED) is 0.359. The van der Waals surface area contributed by atoms with E-state index >= 15 is 0 Å². The molecule has 0 heterocycles. The second kappa shape index (κ2) is 6.16. The Labute approximate surface area is 68.3 Å². The molecule has 1 atom stereocenters. The minimum atomic E-state index is -0.0506. The average Bonchev–Trinajstić information content (AvgIpc) is 2.03. The Morgan fingerprint density at radius 3 is 2.55 bits per heavy atom. The maximum Gasteiger partial charge on any atom is 0.234 e. The van der Waals surface area contributed by atoms with Gasteiger partial charge in [-0.1, -0.05) is 33.1 Å². The molecule has 0 bridgehead atoms. The van der Waals surface area contributed by atoms with E-state index in [1.165, 1.54) is 0 Å². The molecule has 0 saturated carbocycles.